The molecule has 124 valence electrons. The van der Waals surface area contributed by atoms with E-state index in [0.29, 0.717) is 11.5 Å². The fourth-order valence-corrected chi connectivity index (χ4v) is 2.33. The van der Waals surface area contributed by atoms with Crippen LogP contribution in [0.2, 0.25) is 0 Å². The first-order valence-electron chi connectivity index (χ1n) is 7.55. The monoisotopic (exact) mass is 326 g/mol. The lowest BCUT2D eigenvalue weighted by Gasteiger charge is -2.04. The van der Waals surface area contributed by atoms with Gasteiger partial charge in [-0.25, -0.2) is 4.68 Å². The Bertz CT molecular complexity index is 908. The van der Waals surface area contributed by atoms with Gasteiger partial charge in [0.15, 0.2) is 5.82 Å². The van der Waals surface area contributed by atoms with Gasteiger partial charge in [-0.3, -0.25) is 14.2 Å². The first-order valence-corrected chi connectivity index (χ1v) is 7.55. The van der Waals surface area contributed by atoms with Gasteiger partial charge in [0, 0.05) is 17.5 Å². The molecular weight excluding hydrogens is 308 g/mol. The van der Waals surface area contributed by atoms with Gasteiger partial charge < -0.3 is 11.1 Å². The Labute approximate surface area is 138 Å². The maximum atomic E-state index is 12.5. The molecule has 24 heavy (non-hydrogen) atoms. The zero-order valence-electron chi connectivity index (χ0n) is 13.4. The van der Waals surface area contributed by atoms with Crippen LogP contribution in [0.25, 0.3) is 10.9 Å². The Morgan fingerprint density at radius 2 is 2.00 bits per heavy atom. The van der Waals surface area contributed by atoms with E-state index in [1.165, 1.54) is 15.4 Å². The van der Waals surface area contributed by atoms with E-state index >= 15 is 0 Å². The largest absolute Gasteiger partial charge is 0.397 e. The van der Waals surface area contributed by atoms with Crippen molar-refractivity contribution >= 4 is 34.2 Å². The molecule has 8 heteroatoms. The van der Waals surface area contributed by atoms with Crippen LogP contribution >= 0.6 is 0 Å². The normalized spacial score (nSPS) is 11.1. The van der Waals surface area contributed by atoms with Crippen LogP contribution in [0, 0.1) is 5.92 Å². The highest BCUT2D eigenvalue weighted by molar-refractivity contribution is 5.99. The second-order valence-electron chi connectivity index (χ2n) is 5.81. The van der Waals surface area contributed by atoms with Crippen molar-refractivity contribution in [2.45, 2.75) is 20.4 Å². The average Bonchev–Trinajstić information content (AvgIpc) is 3.12. The number of fused-ring (bicyclic) bond motifs is 1. The van der Waals surface area contributed by atoms with Crippen LogP contribution in [0.5, 0.6) is 0 Å². The van der Waals surface area contributed by atoms with Crippen LogP contribution in [0.1, 0.15) is 18.6 Å². The number of amides is 1. The summed E-state index contributed by atoms with van der Waals surface area (Å²) in [5.74, 6) is -0.198. The summed E-state index contributed by atoms with van der Waals surface area (Å²) in [5.41, 5.74) is 7.23. The number of carbonyl (C=O) groups excluding carboxylic acids is 2. The first-order chi connectivity index (χ1) is 11.5. The predicted molar refractivity (Wildman–Crippen MR) is 90.5 cm³/mol. The molecule has 8 nitrogen and oxygen atoms in total. The summed E-state index contributed by atoms with van der Waals surface area (Å²) >= 11 is 0. The van der Waals surface area contributed by atoms with Crippen molar-refractivity contribution in [2.24, 2.45) is 5.92 Å². The summed E-state index contributed by atoms with van der Waals surface area (Å²) in [5, 5.41) is 11.2. The number of carbonyl (C=O) groups is 2. The van der Waals surface area contributed by atoms with E-state index in [4.69, 9.17) is 5.73 Å². The molecule has 2 aromatic heterocycles. The third kappa shape index (κ3) is 2.98. The highest BCUT2D eigenvalue weighted by atomic mass is 16.2. The Kier molecular flexibility index (Phi) is 4.03. The Morgan fingerprint density at radius 3 is 2.75 bits per heavy atom. The molecule has 0 atom stereocenters. The summed E-state index contributed by atoms with van der Waals surface area (Å²) < 4.78 is 2.88. The van der Waals surface area contributed by atoms with E-state index in [9.17, 15) is 9.59 Å². The Balaban J connectivity index is 1.77. The summed E-state index contributed by atoms with van der Waals surface area (Å²) in [6.45, 7) is 3.55. The first kappa shape index (κ1) is 15.7. The quantitative estimate of drug-likeness (QED) is 0.759. The van der Waals surface area contributed by atoms with E-state index in [1.807, 2.05) is 24.3 Å². The summed E-state index contributed by atoms with van der Waals surface area (Å²) in [4.78, 5) is 24.2. The molecule has 0 bridgehead atoms. The van der Waals surface area contributed by atoms with Crippen LogP contribution < -0.4 is 11.1 Å². The van der Waals surface area contributed by atoms with Crippen LogP contribution in [0.15, 0.2) is 36.7 Å². The van der Waals surface area contributed by atoms with Gasteiger partial charge in [0.05, 0.1) is 17.4 Å². The lowest BCUT2D eigenvalue weighted by molar-refractivity contribution is -0.118. The molecule has 0 saturated carbocycles. The minimum atomic E-state index is -0.200. The molecule has 0 aliphatic carbocycles. The number of nitrogen functional groups attached to an aromatic ring is 1. The van der Waals surface area contributed by atoms with Gasteiger partial charge in [0.1, 0.15) is 6.54 Å². The number of hydrogen-bond acceptors (Lipinski definition) is 5. The fraction of sp³-hybridized carbons (Fsp3) is 0.250. The minimum Gasteiger partial charge on any atom is -0.397 e. The summed E-state index contributed by atoms with van der Waals surface area (Å²) in [6.07, 6.45) is 3.12. The average molecular weight is 326 g/mol. The smallest absolute Gasteiger partial charge is 0.252 e. The van der Waals surface area contributed by atoms with Gasteiger partial charge in [-0.2, -0.15) is 0 Å². The molecule has 1 aromatic carbocycles. The SMILES string of the molecule is CC(C)C(=O)Nc1cn(CC(=O)n2cc(N)c3ccccc32)nn1. The molecule has 3 N–H and O–H groups in total. The molecule has 3 rings (SSSR count). The molecule has 0 radical (unpaired) electrons. The van der Waals surface area contributed by atoms with E-state index in [2.05, 4.69) is 15.6 Å². The van der Waals surface area contributed by atoms with Crippen molar-refractivity contribution in [3.8, 4) is 0 Å². The van der Waals surface area contributed by atoms with Gasteiger partial charge in [0.2, 0.25) is 5.91 Å². The zero-order valence-corrected chi connectivity index (χ0v) is 13.4. The third-order valence-electron chi connectivity index (χ3n) is 3.62. The summed E-state index contributed by atoms with van der Waals surface area (Å²) in [7, 11) is 0. The topological polar surface area (TPSA) is 108 Å². The van der Waals surface area contributed by atoms with Crippen LogP contribution in [-0.4, -0.2) is 31.4 Å². The van der Waals surface area contributed by atoms with Gasteiger partial charge >= 0.3 is 0 Å². The number of nitrogens with two attached hydrogens (primary N) is 1. The minimum absolute atomic E-state index is 0.0112. The Hall–Kier alpha value is -3.16. The molecule has 2 heterocycles. The number of hydrogen-bond donors (Lipinski definition) is 2. The molecule has 0 aliphatic rings. The molecule has 0 unspecified atom stereocenters. The second-order valence-corrected chi connectivity index (χ2v) is 5.81. The van der Waals surface area contributed by atoms with Crippen LogP contribution in [-0.2, 0) is 11.3 Å². The molecule has 3 aromatic rings. The van der Waals surface area contributed by atoms with Crippen molar-refractivity contribution < 1.29 is 9.59 Å². The number of benzene rings is 1. The van der Waals surface area contributed by atoms with Crippen LogP contribution in [0.3, 0.4) is 0 Å². The molecular formula is C16H18N6O2. The van der Waals surface area contributed by atoms with Gasteiger partial charge in [-0.15, -0.1) is 5.10 Å². The fourth-order valence-electron chi connectivity index (χ4n) is 2.33. The molecule has 0 aliphatic heterocycles. The highest BCUT2D eigenvalue weighted by Gasteiger charge is 2.14. The molecule has 0 spiro atoms. The lowest BCUT2D eigenvalue weighted by atomic mass is 10.2. The maximum absolute atomic E-state index is 12.5. The van der Waals surface area contributed by atoms with E-state index < -0.39 is 0 Å². The number of aromatic nitrogens is 4. The van der Waals surface area contributed by atoms with Gasteiger partial charge in [-0.1, -0.05) is 37.3 Å². The van der Waals surface area contributed by atoms with E-state index in [0.717, 1.165) is 10.9 Å². The van der Waals surface area contributed by atoms with Crippen molar-refractivity contribution in [3.05, 3.63) is 36.7 Å². The predicted octanol–water partition coefficient (Wildman–Crippen LogP) is 1.75. The molecule has 1 amide bonds. The maximum Gasteiger partial charge on any atom is 0.252 e. The van der Waals surface area contributed by atoms with Crippen molar-refractivity contribution in [2.75, 3.05) is 11.1 Å². The van der Waals surface area contributed by atoms with E-state index in [-0.39, 0.29) is 24.3 Å². The van der Waals surface area contributed by atoms with Crippen molar-refractivity contribution in [1.29, 1.82) is 0 Å². The number of para-hydroxylation sites is 1. The standard InChI is InChI=1S/C16H18N6O2/c1-10(2)16(24)18-14-8-21(20-19-14)9-15(23)22-7-12(17)11-5-3-4-6-13(11)22/h3-8,10H,9,17H2,1-2H3,(H,18,24). The molecule has 0 fully saturated rings. The number of rotatable bonds is 4. The van der Waals surface area contributed by atoms with Crippen LogP contribution in [0.4, 0.5) is 11.5 Å². The lowest BCUT2D eigenvalue weighted by Crippen LogP contribution is -2.18. The summed E-state index contributed by atoms with van der Waals surface area (Å²) in [6, 6.07) is 7.41. The van der Waals surface area contributed by atoms with Gasteiger partial charge in [0.25, 0.3) is 5.91 Å². The zero-order chi connectivity index (χ0) is 17.3. The molecule has 0 saturated heterocycles. The van der Waals surface area contributed by atoms with Crippen molar-refractivity contribution in [1.82, 2.24) is 19.6 Å². The van der Waals surface area contributed by atoms with Crippen molar-refractivity contribution in [3.63, 3.8) is 0 Å². The number of nitrogens with zero attached hydrogens (tertiary/aromatic N) is 4. The Morgan fingerprint density at radius 1 is 1.25 bits per heavy atom. The second kappa shape index (κ2) is 6.15. The highest BCUT2D eigenvalue weighted by Crippen LogP contribution is 2.23. The number of anilines is 2. The van der Waals surface area contributed by atoms with Gasteiger partial charge in [-0.05, 0) is 6.07 Å². The number of nitrogens with one attached hydrogen (secondary N) is 1. The third-order valence-corrected chi connectivity index (χ3v) is 3.62. The van der Waals surface area contributed by atoms with E-state index in [1.54, 1.807) is 20.0 Å².